The van der Waals surface area contributed by atoms with E-state index in [-0.39, 0.29) is 29.6 Å². The number of hydrogen-bond donors (Lipinski definition) is 3. The summed E-state index contributed by atoms with van der Waals surface area (Å²) >= 11 is 6.49. The van der Waals surface area contributed by atoms with E-state index in [4.69, 9.17) is 21.1 Å². The summed E-state index contributed by atoms with van der Waals surface area (Å²) in [4.78, 5) is 57.2. The third-order valence-corrected chi connectivity index (χ3v) is 9.01. The normalized spacial score (nSPS) is 23.1. The molecule has 5 rings (SSSR count). The van der Waals surface area contributed by atoms with Crippen molar-refractivity contribution in [2.75, 3.05) is 27.3 Å². The van der Waals surface area contributed by atoms with Gasteiger partial charge in [0.15, 0.2) is 0 Å². The molecule has 0 bridgehead atoms. The summed E-state index contributed by atoms with van der Waals surface area (Å²) in [6, 6.07) is 3.50. The molecule has 3 fully saturated rings. The van der Waals surface area contributed by atoms with Crippen LogP contribution in [0.15, 0.2) is 18.2 Å². The second-order valence-electron chi connectivity index (χ2n) is 11.0. The lowest BCUT2D eigenvalue weighted by Crippen LogP contribution is -2.51. The molecule has 1 aromatic heterocycles. The molecule has 2 aromatic rings. The predicted molar refractivity (Wildman–Crippen MR) is 145 cm³/mol. The Morgan fingerprint density at radius 3 is 2.64 bits per heavy atom. The van der Waals surface area contributed by atoms with Crippen molar-refractivity contribution in [3.05, 3.63) is 28.9 Å². The van der Waals surface area contributed by atoms with Gasteiger partial charge in [0.05, 0.1) is 19.2 Å². The van der Waals surface area contributed by atoms with Gasteiger partial charge in [0.1, 0.15) is 23.5 Å². The Labute approximate surface area is 232 Å². The SMILES string of the molecule is COC(=O)[C@H](C[C@@H]1CCNC1=O)NC(=O)C1CC2(CCCCC2)CN1C(=O)c1cc2c(Cl)c(OC)ccc2[nH]1. The molecule has 3 atom stereocenters. The van der Waals surface area contributed by atoms with Crippen molar-refractivity contribution >= 4 is 46.2 Å². The summed E-state index contributed by atoms with van der Waals surface area (Å²) in [6.07, 6.45) is 6.41. The maximum Gasteiger partial charge on any atom is 0.328 e. The van der Waals surface area contributed by atoms with E-state index in [0.717, 1.165) is 32.1 Å². The molecule has 39 heavy (non-hydrogen) atoms. The van der Waals surface area contributed by atoms with Crippen molar-refractivity contribution in [1.29, 1.82) is 0 Å². The highest BCUT2D eigenvalue weighted by molar-refractivity contribution is 6.37. The van der Waals surface area contributed by atoms with Gasteiger partial charge in [0.2, 0.25) is 11.8 Å². The molecule has 3 aliphatic rings. The van der Waals surface area contributed by atoms with E-state index in [1.54, 1.807) is 23.1 Å². The molecule has 3 heterocycles. The first-order valence-electron chi connectivity index (χ1n) is 13.6. The minimum atomic E-state index is -0.976. The molecular formula is C28H35ClN4O6. The molecule has 2 saturated heterocycles. The van der Waals surface area contributed by atoms with E-state index < -0.39 is 24.0 Å². The van der Waals surface area contributed by atoms with E-state index in [9.17, 15) is 19.2 Å². The van der Waals surface area contributed by atoms with E-state index >= 15 is 0 Å². The zero-order valence-electron chi connectivity index (χ0n) is 22.3. The second-order valence-corrected chi connectivity index (χ2v) is 11.4. The number of methoxy groups -OCH3 is 2. The van der Waals surface area contributed by atoms with Crippen molar-refractivity contribution < 1.29 is 28.7 Å². The molecule has 1 saturated carbocycles. The number of fused-ring (bicyclic) bond motifs is 1. The molecule has 2 aliphatic heterocycles. The number of carbonyl (C=O) groups is 4. The number of ether oxygens (including phenoxy) is 2. The predicted octanol–water partition coefficient (Wildman–Crippen LogP) is 3.18. The van der Waals surface area contributed by atoms with Crippen molar-refractivity contribution in [3.8, 4) is 5.75 Å². The van der Waals surface area contributed by atoms with E-state index in [2.05, 4.69) is 15.6 Å². The quantitative estimate of drug-likeness (QED) is 0.448. The number of esters is 1. The number of rotatable bonds is 7. The van der Waals surface area contributed by atoms with Gasteiger partial charge in [0, 0.05) is 29.9 Å². The van der Waals surface area contributed by atoms with Gasteiger partial charge in [-0.25, -0.2) is 4.79 Å². The summed E-state index contributed by atoms with van der Waals surface area (Å²) in [5.74, 6) is -1.32. The Kier molecular flexibility index (Phi) is 7.75. The topological polar surface area (TPSA) is 130 Å². The van der Waals surface area contributed by atoms with Crippen molar-refractivity contribution in [3.63, 3.8) is 0 Å². The molecule has 11 heteroatoms. The minimum Gasteiger partial charge on any atom is -0.495 e. The third-order valence-electron chi connectivity index (χ3n) is 8.62. The minimum absolute atomic E-state index is 0.133. The van der Waals surface area contributed by atoms with Crippen LogP contribution in [0.1, 0.15) is 61.9 Å². The van der Waals surface area contributed by atoms with Crippen LogP contribution in [0.5, 0.6) is 5.75 Å². The largest absolute Gasteiger partial charge is 0.495 e. The smallest absolute Gasteiger partial charge is 0.328 e. The second kappa shape index (κ2) is 11.1. The number of aromatic amines is 1. The van der Waals surface area contributed by atoms with E-state index in [0.29, 0.717) is 53.3 Å². The summed E-state index contributed by atoms with van der Waals surface area (Å²) in [6.45, 7) is 1.00. The van der Waals surface area contributed by atoms with E-state index in [1.807, 2.05) is 0 Å². The first-order valence-corrected chi connectivity index (χ1v) is 13.9. The number of hydrogen-bond acceptors (Lipinski definition) is 6. The Bertz CT molecular complexity index is 1290. The Morgan fingerprint density at radius 1 is 1.21 bits per heavy atom. The fraction of sp³-hybridized carbons (Fsp3) is 0.571. The van der Waals surface area contributed by atoms with Crippen molar-refractivity contribution in [1.82, 2.24) is 20.5 Å². The molecule has 1 spiro atoms. The van der Waals surface area contributed by atoms with Crippen LogP contribution >= 0.6 is 11.6 Å². The highest BCUT2D eigenvalue weighted by atomic mass is 35.5. The summed E-state index contributed by atoms with van der Waals surface area (Å²) < 4.78 is 10.3. The zero-order chi connectivity index (χ0) is 27.7. The zero-order valence-corrected chi connectivity index (χ0v) is 23.1. The maximum atomic E-state index is 13.9. The molecule has 1 aliphatic carbocycles. The fourth-order valence-electron chi connectivity index (χ4n) is 6.52. The molecule has 10 nitrogen and oxygen atoms in total. The molecule has 210 valence electrons. The molecule has 1 aromatic carbocycles. The van der Waals surface area contributed by atoms with Crippen LogP contribution in [0, 0.1) is 11.3 Å². The molecule has 1 unspecified atom stereocenters. The van der Waals surface area contributed by atoms with Crippen LogP contribution in [-0.4, -0.2) is 73.0 Å². The lowest BCUT2D eigenvalue weighted by molar-refractivity contribution is -0.146. The maximum absolute atomic E-state index is 13.9. The number of likely N-dealkylation sites (tertiary alicyclic amines) is 1. The molecule has 3 N–H and O–H groups in total. The van der Waals surface area contributed by atoms with Crippen LogP contribution in [0.25, 0.3) is 10.9 Å². The Hall–Kier alpha value is -3.27. The van der Waals surface area contributed by atoms with Gasteiger partial charge < -0.3 is 30.0 Å². The standard InChI is InChI=1S/C28H35ClN4O6/c1-38-22-7-6-18-17(23(22)29)13-19(31-18)26(36)33-15-28(9-4-3-5-10-28)14-21(33)25(35)32-20(27(37)39-2)12-16-8-11-30-24(16)34/h6-7,13,16,20-21,31H,3-5,8-12,14-15H2,1-2H3,(H,30,34)(H,32,35)/t16-,20-,21?/m0/s1. The van der Waals surface area contributed by atoms with Crippen LogP contribution < -0.4 is 15.4 Å². The van der Waals surface area contributed by atoms with Gasteiger partial charge in [-0.3, -0.25) is 14.4 Å². The summed E-state index contributed by atoms with van der Waals surface area (Å²) in [5, 5.41) is 6.66. The van der Waals surface area contributed by atoms with Crippen molar-refractivity contribution in [2.24, 2.45) is 11.3 Å². The number of halogens is 1. The van der Waals surface area contributed by atoms with Crippen LogP contribution in [0.3, 0.4) is 0 Å². The fourth-order valence-corrected chi connectivity index (χ4v) is 6.82. The number of H-pyrrole nitrogens is 1. The Morgan fingerprint density at radius 2 is 1.97 bits per heavy atom. The molecule has 0 radical (unpaired) electrons. The van der Waals surface area contributed by atoms with Gasteiger partial charge in [-0.15, -0.1) is 0 Å². The van der Waals surface area contributed by atoms with Gasteiger partial charge in [0.25, 0.3) is 5.91 Å². The number of nitrogens with zero attached hydrogens (tertiary/aromatic N) is 1. The lowest BCUT2D eigenvalue weighted by atomic mass is 9.72. The highest BCUT2D eigenvalue weighted by Crippen LogP contribution is 2.47. The monoisotopic (exact) mass is 558 g/mol. The number of aromatic nitrogens is 1. The van der Waals surface area contributed by atoms with Crippen LogP contribution in [0.4, 0.5) is 0 Å². The molecular weight excluding hydrogens is 524 g/mol. The Balaban J connectivity index is 1.41. The number of amides is 3. The van der Waals surface area contributed by atoms with Gasteiger partial charge in [-0.2, -0.15) is 0 Å². The number of benzene rings is 1. The third kappa shape index (κ3) is 5.31. The number of nitrogens with one attached hydrogen (secondary N) is 3. The lowest BCUT2D eigenvalue weighted by Gasteiger charge is -2.32. The molecule has 3 amide bonds. The van der Waals surface area contributed by atoms with Gasteiger partial charge in [-0.1, -0.05) is 30.9 Å². The average molecular weight is 559 g/mol. The van der Waals surface area contributed by atoms with Crippen LogP contribution in [-0.2, 0) is 19.1 Å². The summed E-state index contributed by atoms with van der Waals surface area (Å²) in [5.41, 5.74) is 0.879. The van der Waals surface area contributed by atoms with Crippen molar-refractivity contribution in [2.45, 2.75) is 63.5 Å². The van der Waals surface area contributed by atoms with Crippen LogP contribution in [0.2, 0.25) is 5.02 Å². The van der Waals surface area contributed by atoms with Gasteiger partial charge >= 0.3 is 5.97 Å². The first-order chi connectivity index (χ1) is 18.7. The highest BCUT2D eigenvalue weighted by Gasteiger charge is 2.49. The van der Waals surface area contributed by atoms with E-state index in [1.165, 1.54) is 14.2 Å². The van der Waals surface area contributed by atoms with Gasteiger partial charge in [-0.05, 0) is 55.7 Å². The average Bonchev–Trinajstić information content (AvgIpc) is 3.66. The number of carbonyl (C=O) groups excluding carboxylic acids is 4. The summed E-state index contributed by atoms with van der Waals surface area (Å²) in [7, 11) is 2.79. The first kappa shape index (κ1) is 27.3.